The Labute approximate surface area is 117 Å². The second kappa shape index (κ2) is 5.90. The summed E-state index contributed by atoms with van der Waals surface area (Å²) in [5.41, 5.74) is 1.46. The van der Waals surface area contributed by atoms with Gasteiger partial charge in [0.25, 0.3) is 0 Å². The molecule has 0 saturated carbocycles. The smallest absolute Gasteiger partial charge is 0.386 e. The first-order valence-electron chi connectivity index (χ1n) is 6.02. The van der Waals surface area contributed by atoms with Gasteiger partial charge < -0.3 is 4.74 Å². The normalized spacial score (nSPS) is 11.4. The number of halogens is 3. The van der Waals surface area contributed by atoms with Gasteiger partial charge in [-0.1, -0.05) is 18.2 Å². The summed E-state index contributed by atoms with van der Waals surface area (Å²) in [7, 11) is 0. The second-order valence-corrected chi connectivity index (χ2v) is 4.25. The predicted molar refractivity (Wildman–Crippen MR) is 67.2 cm³/mol. The minimum atomic E-state index is -5.17. The maximum atomic E-state index is 11.9. The molecule has 1 heterocycles. The van der Waals surface area contributed by atoms with E-state index in [0.29, 0.717) is 0 Å². The number of ether oxygens (including phenoxy) is 1. The average molecular weight is 297 g/mol. The van der Waals surface area contributed by atoms with Crippen LogP contribution in [0.25, 0.3) is 10.9 Å². The van der Waals surface area contributed by atoms with Crippen molar-refractivity contribution in [3.63, 3.8) is 0 Å². The maximum Gasteiger partial charge on any atom is 0.491 e. The maximum absolute atomic E-state index is 11.9. The number of fused-ring (bicyclic) bond motifs is 1. The molecule has 0 N–H and O–H groups in total. The van der Waals surface area contributed by atoms with E-state index in [4.69, 9.17) is 0 Å². The number of hydrogen-bond donors (Lipinski definition) is 0. The van der Waals surface area contributed by atoms with Crippen molar-refractivity contribution in [1.82, 2.24) is 4.98 Å². The fourth-order valence-corrected chi connectivity index (χ4v) is 1.82. The van der Waals surface area contributed by atoms with E-state index in [1.807, 2.05) is 0 Å². The van der Waals surface area contributed by atoms with E-state index in [1.54, 1.807) is 36.5 Å². The number of aromatic nitrogens is 1. The minimum absolute atomic E-state index is 0.160. The van der Waals surface area contributed by atoms with Crippen LogP contribution in [0.5, 0.6) is 0 Å². The van der Waals surface area contributed by atoms with Gasteiger partial charge in [-0.25, -0.2) is 4.79 Å². The highest BCUT2D eigenvalue weighted by molar-refractivity contribution is 5.89. The number of para-hydroxylation sites is 1. The van der Waals surface area contributed by atoms with Gasteiger partial charge in [-0.2, -0.15) is 13.2 Å². The average Bonchev–Trinajstić information content (AvgIpc) is 2.44. The highest BCUT2D eigenvalue weighted by atomic mass is 19.4. The molecule has 0 aliphatic carbocycles. The zero-order valence-electron chi connectivity index (χ0n) is 10.7. The Hall–Kier alpha value is -2.44. The fraction of sp³-hybridized carbons (Fsp3) is 0.214. The Balaban J connectivity index is 2.02. The lowest BCUT2D eigenvalue weighted by atomic mass is 10.0. The van der Waals surface area contributed by atoms with E-state index < -0.39 is 18.1 Å². The number of nitrogens with zero attached hydrogens (tertiary/aromatic N) is 1. The molecule has 7 heteroatoms. The summed E-state index contributed by atoms with van der Waals surface area (Å²) in [6, 6.07) is 8.84. The van der Waals surface area contributed by atoms with Crippen molar-refractivity contribution in [2.45, 2.75) is 19.0 Å². The third-order valence-electron chi connectivity index (χ3n) is 2.78. The zero-order chi connectivity index (χ0) is 15.5. The molecule has 1 aromatic carbocycles. The number of alkyl halides is 3. The minimum Gasteiger partial charge on any atom is -0.386 e. The molecule has 0 atom stereocenters. The van der Waals surface area contributed by atoms with Crippen LogP contribution in [0.15, 0.2) is 36.5 Å². The van der Waals surface area contributed by atoms with Crippen molar-refractivity contribution in [3.8, 4) is 0 Å². The number of hydrogen-bond acceptors (Lipinski definition) is 4. The number of aryl methyl sites for hydroxylation is 1. The van der Waals surface area contributed by atoms with Gasteiger partial charge >= 0.3 is 18.1 Å². The molecule has 0 radical (unpaired) electrons. The molecule has 21 heavy (non-hydrogen) atoms. The molecular formula is C14H10F3NO3. The van der Waals surface area contributed by atoms with Gasteiger partial charge in [0, 0.05) is 11.6 Å². The van der Waals surface area contributed by atoms with Crippen LogP contribution < -0.4 is 0 Å². The van der Waals surface area contributed by atoms with Crippen molar-refractivity contribution in [3.05, 3.63) is 42.1 Å². The van der Waals surface area contributed by atoms with Gasteiger partial charge in [-0.15, -0.1) is 0 Å². The molecule has 0 bridgehead atoms. The van der Waals surface area contributed by atoms with Crippen LogP contribution in [0, 0.1) is 0 Å². The molecule has 2 aromatic rings. The summed E-state index contributed by atoms with van der Waals surface area (Å²) < 4.78 is 39.6. The summed E-state index contributed by atoms with van der Waals surface area (Å²) in [5, 5.41) is 0.801. The SMILES string of the molecule is O=C(CCc1ccnc2ccccc12)OC(=O)C(F)(F)F. The third-order valence-corrected chi connectivity index (χ3v) is 2.78. The number of benzene rings is 1. The fourth-order valence-electron chi connectivity index (χ4n) is 1.82. The molecule has 2 rings (SSSR count). The summed E-state index contributed by atoms with van der Waals surface area (Å²) >= 11 is 0. The molecule has 0 saturated heterocycles. The van der Waals surface area contributed by atoms with Gasteiger partial charge in [-0.05, 0) is 24.1 Å². The summed E-state index contributed by atoms with van der Waals surface area (Å²) in [5.74, 6) is -3.70. The molecular weight excluding hydrogens is 287 g/mol. The Morgan fingerprint density at radius 3 is 2.57 bits per heavy atom. The molecule has 0 aliphatic heterocycles. The first-order valence-corrected chi connectivity index (χ1v) is 6.02. The van der Waals surface area contributed by atoms with Gasteiger partial charge in [-0.3, -0.25) is 9.78 Å². The van der Waals surface area contributed by atoms with Crippen molar-refractivity contribution >= 4 is 22.8 Å². The van der Waals surface area contributed by atoms with Gasteiger partial charge in [0.15, 0.2) is 0 Å². The first-order chi connectivity index (χ1) is 9.88. The highest BCUT2D eigenvalue weighted by Gasteiger charge is 2.42. The van der Waals surface area contributed by atoms with Crippen LogP contribution in [0.4, 0.5) is 13.2 Å². The Morgan fingerprint density at radius 2 is 1.86 bits per heavy atom. The predicted octanol–water partition coefficient (Wildman–Crippen LogP) is 2.80. The van der Waals surface area contributed by atoms with E-state index in [-0.39, 0.29) is 12.8 Å². The lowest BCUT2D eigenvalue weighted by molar-refractivity contribution is -0.201. The van der Waals surface area contributed by atoms with Crippen molar-refractivity contribution in [2.75, 3.05) is 0 Å². The molecule has 4 nitrogen and oxygen atoms in total. The van der Waals surface area contributed by atoms with Crippen molar-refractivity contribution in [2.24, 2.45) is 0 Å². The lowest BCUT2D eigenvalue weighted by Gasteiger charge is -2.07. The Morgan fingerprint density at radius 1 is 1.14 bits per heavy atom. The van der Waals surface area contributed by atoms with Crippen LogP contribution >= 0.6 is 0 Å². The van der Waals surface area contributed by atoms with Crippen LogP contribution in [0.3, 0.4) is 0 Å². The zero-order valence-corrected chi connectivity index (χ0v) is 10.7. The highest BCUT2D eigenvalue weighted by Crippen LogP contribution is 2.19. The van der Waals surface area contributed by atoms with E-state index in [0.717, 1.165) is 16.5 Å². The van der Waals surface area contributed by atoms with Gasteiger partial charge in [0.2, 0.25) is 0 Å². The van der Waals surface area contributed by atoms with Crippen LogP contribution in [-0.4, -0.2) is 23.1 Å². The van der Waals surface area contributed by atoms with Crippen LogP contribution in [0.2, 0.25) is 0 Å². The van der Waals surface area contributed by atoms with Gasteiger partial charge in [0.1, 0.15) is 0 Å². The van der Waals surface area contributed by atoms with Crippen LogP contribution in [-0.2, 0) is 20.7 Å². The molecule has 0 spiro atoms. The molecule has 0 aliphatic rings. The monoisotopic (exact) mass is 297 g/mol. The number of esters is 2. The van der Waals surface area contributed by atoms with E-state index in [1.165, 1.54) is 0 Å². The molecule has 1 aromatic heterocycles. The molecule has 110 valence electrons. The third kappa shape index (κ3) is 3.77. The largest absolute Gasteiger partial charge is 0.491 e. The van der Waals surface area contributed by atoms with Crippen LogP contribution in [0.1, 0.15) is 12.0 Å². The van der Waals surface area contributed by atoms with E-state index >= 15 is 0 Å². The Bertz CT molecular complexity index is 677. The standard InChI is InChI=1S/C14H10F3NO3/c15-14(16,17)13(20)21-12(19)6-5-9-7-8-18-11-4-2-1-3-10(9)11/h1-4,7-8H,5-6H2. The number of carbonyl (C=O) groups is 2. The summed E-state index contributed by atoms with van der Waals surface area (Å²) in [6.07, 6.45) is -3.79. The number of carbonyl (C=O) groups excluding carboxylic acids is 2. The van der Waals surface area contributed by atoms with Gasteiger partial charge in [0.05, 0.1) is 11.9 Å². The quantitative estimate of drug-likeness (QED) is 0.645. The Kier molecular flexibility index (Phi) is 4.21. The van der Waals surface area contributed by atoms with E-state index in [2.05, 4.69) is 9.72 Å². The lowest BCUT2D eigenvalue weighted by Crippen LogP contribution is -2.28. The van der Waals surface area contributed by atoms with E-state index in [9.17, 15) is 22.8 Å². The first kappa shape index (κ1) is 15.0. The number of pyridine rings is 1. The molecule has 0 fully saturated rings. The summed E-state index contributed by atoms with van der Waals surface area (Å²) in [6.45, 7) is 0. The molecule has 0 amide bonds. The summed E-state index contributed by atoms with van der Waals surface area (Å²) in [4.78, 5) is 25.9. The second-order valence-electron chi connectivity index (χ2n) is 4.25. The van der Waals surface area contributed by atoms with Crippen molar-refractivity contribution in [1.29, 1.82) is 0 Å². The van der Waals surface area contributed by atoms with Crippen molar-refractivity contribution < 1.29 is 27.5 Å². The topological polar surface area (TPSA) is 56.3 Å². The number of rotatable bonds is 3. The molecule has 0 unspecified atom stereocenters.